The maximum atomic E-state index is 12.5. The minimum atomic E-state index is -0.186. The van der Waals surface area contributed by atoms with Crippen molar-refractivity contribution in [1.29, 1.82) is 0 Å². The van der Waals surface area contributed by atoms with E-state index in [4.69, 9.17) is 9.47 Å². The van der Waals surface area contributed by atoms with E-state index in [0.717, 1.165) is 33.2 Å². The minimum Gasteiger partial charge on any atom is -0.486 e. The predicted octanol–water partition coefficient (Wildman–Crippen LogP) is 3.44. The lowest BCUT2D eigenvalue weighted by molar-refractivity contribution is 0.0949. The van der Waals surface area contributed by atoms with Gasteiger partial charge in [0.05, 0.1) is 11.0 Å². The number of hydrogen-bond acceptors (Lipinski definition) is 6. The highest BCUT2D eigenvalue weighted by molar-refractivity contribution is 7.13. The van der Waals surface area contributed by atoms with Crippen molar-refractivity contribution in [2.75, 3.05) is 19.8 Å². The molecule has 1 aliphatic heterocycles. The molecule has 1 aliphatic rings. The van der Waals surface area contributed by atoms with Crippen LogP contribution in [0.5, 0.6) is 11.5 Å². The van der Waals surface area contributed by atoms with Gasteiger partial charge in [0.15, 0.2) is 11.5 Å². The number of fused-ring (bicyclic) bond motifs is 2. The fourth-order valence-electron chi connectivity index (χ4n) is 3.48. The van der Waals surface area contributed by atoms with Crippen molar-refractivity contribution in [3.05, 3.63) is 59.4 Å². The number of benzene rings is 2. The highest BCUT2D eigenvalue weighted by atomic mass is 32.1. The highest BCUT2D eigenvalue weighted by Gasteiger charge is 2.16. The third-order valence-electron chi connectivity index (χ3n) is 5.04. The van der Waals surface area contributed by atoms with Crippen LogP contribution >= 0.6 is 11.3 Å². The number of amides is 1. The van der Waals surface area contributed by atoms with E-state index in [1.54, 1.807) is 5.38 Å². The van der Waals surface area contributed by atoms with Gasteiger partial charge >= 0.3 is 0 Å². The molecular weight excluding hydrogens is 400 g/mol. The second kappa shape index (κ2) is 7.79. The number of ether oxygens (including phenoxy) is 2. The Bertz CT molecular complexity index is 1230. The van der Waals surface area contributed by atoms with Gasteiger partial charge in [0.2, 0.25) is 0 Å². The zero-order chi connectivity index (χ0) is 20.5. The summed E-state index contributed by atoms with van der Waals surface area (Å²) in [6.07, 6.45) is 0.649. The number of hydrogen-bond donors (Lipinski definition) is 1. The van der Waals surface area contributed by atoms with Gasteiger partial charge in [-0.3, -0.25) is 4.79 Å². The van der Waals surface area contributed by atoms with Crippen LogP contribution in [0.25, 0.3) is 21.6 Å². The minimum absolute atomic E-state index is 0.186. The van der Waals surface area contributed by atoms with Crippen molar-refractivity contribution < 1.29 is 14.3 Å². The van der Waals surface area contributed by atoms with E-state index in [1.165, 1.54) is 11.3 Å². The van der Waals surface area contributed by atoms with E-state index in [0.29, 0.717) is 37.6 Å². The molecule has 7 nitrogen and oxygen atoms in total. The quantitative estimate of drug-likeness (QED) is 0.535. The van der Waals surface area contributed by atoms with Gasteiger partial charge in [0.1, 0.15) is 29.7 Å². The van der Waals surface area contributed by atoms with Crippen LogP contribution in [0.1, 0.15) is 16.3 Å². The fourth-order valence-corrected chi connectivity index (χ4v) is 4.28. The van der Waals surface area contributed by atoms with Gasteiger partial charge in [0, 0.05) is 31.0 Å². The molecule has 2 aromatic heterocycles. The van der Waals surface area contributed by atoms with Crippen molar-refractivity contribution in [3.63, 3.8) is 0 Å². The van der Waals surface area contributed by atoms with Crippen molar-refractivity contribution in [2.45, 2.75) is 6.42 Å². The number of rotatable bonds is 5. The molecule has 30 heavy (non-hydrogen) atoms. The van der Waals surface area contributed by atoms with E-state index >= 15 is 0 Å². The van der Waals surface area contributed by atoms with Gasteiger partial charge in [-0.2, -0.15) is 0 Å². The lowest BCUT2D eigenvalue weighted by Gasteiger charge is -2.18. The molecule has 0 fully saturated rings. The van der Waals surface area contributed by atoms with Gasteiger partial charge < -0.3 is 19.4 Å². The van der Waals surface area contributed by atoms with E-state index < -0.39 is 0 Å². The summed E-state index contributed by atoms with van der Waals surface area (Å²) in [6.45, 7) is 1.59. The van der Waals surface area contributed by atoms with Crippen molar-refractivity contribution in [1.82, 2.24) is 19.9 Å². The lowest BCUT2D eigenvalue weighted by Crippen LogP contribution is -2.26. The van der Waals surface area contributed by atoms with Gasteiger partial charge in [-0.15, -0.1) is 11.3 Å². The Morgan fingerprint density at radius 3 is 2.83 bits per heavy atom. The summed E-state index contributed by atoms with van der Waals surface area (Å²) in [6, 6.07) is 13.7. The van der Waals surface area contributed by atoms with Crippen LogP contribution in [0.2, 0.25) is 0 Å². The van der Waals surface area contributed by atoms with Crippen LogP contribution in [-0.4, -0.2) is 40.2 Å². The van der Waals surface area contributed by atoms with E-state index in [1.807, 2.05) is 49.5 Å². The number of aryl methyl sites for hydroxylation is 1. The number of imidazole rings is 1. The molecule has 2 aromatic carbocycles. The smallest absolute Gasteiger partial charge is 0.270 e. The fraction of sp³-hybridized carbons (Fsp3) is 0.227. The zero-order valence-corrected chi connectivity index (χ0v) is 17.2. The van der Waals surface area contributed by atoms with Crippen LogP contribution in [0.4, 0.5) is 0 Å². The van der Waals surface area contributed by atoms with Crippen LogP contribution in [0.15, 0.2) is 47.8 Å². The molecule has 0 spiro atoms. The van der Waals surface area contributed by atoms with Gasteiger partial charge in [-0.05, 0) is 30.3 Å². The zero-order valence-electron chi connectivity index (χ0n) is 16.4. The van der Waals surface area contributed by atoms with E-state index in [9.17, 15) is 4.79 Å². The molecule has 152 valence electrons. The molecular formula is C22H20N4O3S. The number of thiazole rings is 1. The van der Waals surface area contributed by atoms with Crippen LogP contribution in [-0.2, 0) is 13.5 Å². The molecule has 0 saturated carbocycles. The molecule has 5 rings (SSSR count). The number of aromatic nitrogens is 3. The second-order valence-corrected chi connectivity index (χ2v) is 7.84. The highest BCUT2D eigenvalue weighted by Crippen LogP contribution is 2.35. The first-order valence-electron chi connectivity index (χ1n) is 9.73. The summed E-state index contributed by atoms with van der Waals surface area (Å²) < 4.78 is 13.2. The Morgan fingerprint density at radius 2 is 1.97 bits per heavy atom. The van der Waals surface area contributed by atoms with Crippen LogP contribution < -0.4 is 14.8 Å². The summed E-state index contributed by atoms with van der Waals surface area (Å²) in [5.41, 5.74) is 3.37. The molecule has 1 amide bonds. The molecule has 0 bridgehead atoms. The maximum Gasteiger partial charge on any atom is 0.270 e. The third kappa shape index (κ3) is 3.50. The molecule has 0 unspecified atom stereocenters. The third-order valence-corrected chi connectivity index (χ3v) is 5.93. The van der Waals surface area contributed by atoms with E-state index in [-0.39, 0.29) is 5.91 Å². The predicted molar refractivity (Wildman–Crippen MR) is 115 cm³/mol. The molecule has 0 atom stereocenters. The van der Waals surface area contributed by atoms with Crippen molar-refractivity contribution in [2.24, 2.45) is 7.05 Å². The SMILES string of the molecule is Cn1c(CCNC(=O)c2csc(-c3ccc4c(c3)OCCO4)n2)nc2ccccc21. The number of carbonyl (C=O) groups excluding carboxylic acids is 1. The Kier molecular flexibility index (Phi) is 4.84. The summed E-state index contributed by atoms with van der Waals surface area (Å²) >= 11 is 1.43. The molecule has 0 radical (unpaired) electrons. The summed E-state index contributed by atoms with van der Waals surface area (Å²) in [5.74, 6) is 2.20. The monoisotopic (exact) mass is 420 g/mol. The average molecular weight is 420 g/mol. The summed E-state index contributed by atoms with van der Waals surface area (Å²) in [7, 11) is 1.99. The van der Waals surface area contributed by atoms with Crippen LogP contribution in [0, 0.1) is 0 Å². The van der Waals surface area contributed by atoms with Gasteiger partial charge in [-0.1, -0.05) is 12.1 Å². The first-order chi connectivity index (χ1) is 14.7. The van der Waals surface area contributed by atoms with E-state index in [2.05, 4.69) is 19.9 Å². The molecule has 1 N–H and O–H groups in total. The second-order valence-electron chi connectivity index (χ2n) is 6.98. The normalized spacial score (nSPS) is 12.8. The molecule has 0 aliphatic carbocycles. The van der Waals surface area contributed by atoms with Crippen molar-refractivity contribution in [3.8, 4) is 22.1 Å². The lowest BCUT2D eigenvalue weighted by atomic mass is 10.2. The topological polar surface area (TPSA) is 78.3 Å². The maximum absolute atomic E-state index is 12.5. The number of para-hydroxylation sites is 2. The molecule has 0 saturated heterocycles. The van der Waals surface area contributed by atoms with Gasteiger partial charge in [0.25, 0.3) is 5.91 Å². The summed E-state index contributed by atoms with van der Waals surface area (Å²) in [4.78, 5) is 21.7. The standard InChI is InChI=1S/C22H20N4O3S/c1-26-17-5-3-2-4-15(17)24-20(26)8-9-23-21(27)16-13-30-22(25-16)14-6-7-18-19(12-14)29-11-10-28-18/h2-7,12-13H,8-11H2,1H3,(H,23,27). The summed E-state index contributed by atoms with van der Waals surface area (Å²) in [5, 5.41) is 5.49. The number of nitrogens with one attached hydrogen (secondary N) is 1. The first-order valence-corrected chi connectivity index (χ1v) is 10.6. The Hall–Kier alpha value is -3.39. The largest absolute Gasteiger partial charge is 0.486 e. The number of nitrogens with zero attached hydrogens (tertiary/aromatic N) is 3. The number of carbonyl (C=O) groups is 1. The molecule has 3 heterocycles. The Morgan fingerprint density at radius 1 is 1.13 bits per heavy atom. The van der Waals surface area contributed by atoms with Crippen LogP contribution in [0.3, 0.4) is 0 Å². The average Bonchev–Trinajstić information content (AvgIpc) is 3.39. The Labute approximate surface area is 177 Å². The molecule has 8 heteroatoms. The first kappa shape index (κ1) is 18.6. The van der Waals surface area contributed by atoms with Gasteiger partial charge in [-0.25, -0.2) is 9.97 Å². The van der Waals surface area contributed by atoms with Crippen molar-refractivity contribution >= 4 is 28.3 Å². The molecule has 4 aromatic rings. The Balaban J connectivity index is 1.24.